The van der Waals surface area contributed by atoms with Gasteiger partial charge in [-0.2, -0.15) is 0 Å². The summed E-state index contributed by atoms with van der Waals surface area (Å²) in [5.41, 5.74) is 0.824. The Balaban J connectivity index is 1.75. The summed E-state index contributed by atoms with van der Waals surface area (Å²) in [5, 5.41) is 6.79. The average Bonchev–Trinajstić information content (AvgIpc) is 2.63. The Kier molecular flexibility index (Phi) is 5.37. The summed E-state index contributed by atoms with van der Waals surface area (Å²) in [4.78, 5) is 13.2. The first-order valence-electron chi connectivity index (χ1n) is 9.29. The van der Waals surface area contributed by atoms with Crippen LogP contribution in [0.5, 0.6) is 0 Å². The molecule has 1 amide bonds. The van der Waals surface area contributed by atoms with Gasteiger partial charge in [0.15, 0.2) is 0 Å². The molecule has 3 nitrogen and oxygen atoms in total. The van der Waals surface area contributed by atoms with Crippen LogP contribution in [-0.4, -0.2) is 25.0 Å². The summed E-state index contributed by atoms with van der Waals surface area (Å²) < 4.78 is 0. The standard InChI is InChI=1S/C20H30N2O/c1-16(17-8-4-2-5-9-17)22-19(23)20(12-14-21-15-13-20)18-10-6-3-7-11-18/h3,6-7,10-11,16-17,21H,2,4-5,8-9,12-15H2,1H3,(H,22,23)/t16-/m0/s1. The topological polar surface area (TPSA) is 41.1 Å². The molecule has 1 aliphatic heterocycles. The minimum Gasteiger partial charge on any atom is -0.353 e. The van der Waals surface area contributed by atoms with Gasteiger partial charge in [-0.15, -0.1) is 0 Å². The first-order valence-corrected chi connectivity index (χ1v) is 9.29. The number of hydrogen-bond donors (Lipinski definition) is 2. The number of amides is 1. The number of benzene rings is 1. The molecular weight excluding hydrogens is 284 g/mol. The van der Waals surface area contributed by atoms with Crippen LogP contribution in [0.3, 0.4) is 0 Å². The van der Waals surface area contributed by atoms with Crippen molar-refractivity contribution in [1.29, 1.82) is 0 Å². The van der Waals surface area contributed by atoms with Crippen molar-refractivity contribution in [2.45, 2.75) is 63.3 Å². The van der Waals surface area contributed by atoms with E-state index in [0.29, 0.717) is 12.0 Å². The second-order valence-electron chi connectivity index (χ2n) is 7.36. The predicted octanol–water partition coefficient (Wildman–Crippen LogP) is 3.39. The van der Waals surface area contributed by atoms with E-state index < -0.39 is 0 Å². The first kappa shape index (κ1) is 16.5. The molecular formula is C20H30N2O. The van der Waals surface area contributed by atoms with E-state index in [2.05, 4.69) is 41.8 Å². The van der Waals surface area contributed by atoms with Crippen LogP contribution in [0.1, 0.15) is 57.4 Å². The molecule has 2 fully saturated rings. The largest absolute Gasteiger partial charge is 0.353 e. The Morgan fingerprint density at radius 2 is 1.78 bits per heavy atom. The van der Waals surface area contributed by atoms with Crippen LogP contribution >= 0.6 is 0 Å². The van der Waals surface area contributed by atoms with E-state index in [1.807, 2.05) is 6.07 Å². The zero-order chi connectivity index (χ0) is 16.1. The molecule has 1 saturated carbocycles. The highest BCUT2D eigenvalue weighted by atomic mass is 16.2. The summed E-state index contributed by atoms with van der Waals surface area (Å²) in [7, 11) is 0. The summed E-state index contributed by atoms with van der Waals surface area (Å²) in [6.45, 7) is 4.04. The van der Waals surface area contributed by atoms with Gasteiger partial charge in [0, 0.05) is 6.04 Å². The summed E-state index contributed by atoms with van der Waals surface area (Å²) in [5.74, 6) is 0.894. The van der Waals surface area contributed by atoms with Crippen molar-refractivity contribution in [2.24, 2.45) is 5.92 Å². The molecule has 1 saturated heterocycles. The van der Waals surface area contributed by atoms with Crippen LogP contribution in [0.4, 0.5) is 0 Å². The Hall–Kier alpha value is -1.35. The normalized spacial score (nSPS) is 23.2. The second kappa shape index (κ2) is 7.48. The average molecular weight is 314 g/mol. The maximum absolute atomic E-state index is 13.2. The highest BCUT2D eigenvalue weighted by molar-refractivity contribution is 5.88. The van der Waals surface area contributed by atoms with Crippen LogP contribution in [0.25, 0.3) is 0 Å². The molecule has 1 aromatic rings. The number of nitrogens with one attached hydrogen (secondary N) is 2. The Morgan fingerprint density at radius 3 is 2.43 bits per heavy atom. The molecule has 0 unspecified atom stereocenters. The van der Waals surface area contributed by atoms with E-state index >= 15 is 0 Å². The summed E-state index contributed by atoms with van der Waals surface area (Å²) in [6, 6.07) is 10.7. The van der Waals surface area contributed by atoms with Crippen molar-refractivity contribution < 1.29 is 4.79 Å². The molecule has 0 bridgehead atoms. The van der Waals surface area contributed by atoms with Crippen LogP contribution in [0, 0.1) is 5.92 Å². The fraction of sp³-hybridized carbons (Fsp3) is 0.650. The van der Waals surface area contributed by atoms with Gasteiger partial charge in [0.2, 0.25) is 5.91 Å². The van der Waals surface area contributed by atoms with E-state index in [0.717, 1.165) is 25.9 Å². The third-order valence-electron chi connectivity index (χ3n) is 5.93. The number of carbonyl (C=O) groups excluding carboxylic acids is 1. The monoisotopic (exact) mass is 314 g/mol. The van der Waals surface area contributed by atoms with Crippen LogP contribution in [0.2, 0.25) is 0 Å². The molecule has 0 radical (unpaired) electrons. The van der Waals surface area contributed by atoms with Crippen LogP contribution in [0.15, 0.2) is 30.3 Å². The number of piperidine rings is 1. The lowest BCUT2D eigenvalue weighted by Gasteiger charge is -2.39. The SMILES string of the molecule is C[C@H](NC(=O)C1(c2ccccc2)CCNCC1)C1CCCCC1. The molecule has 126 valence electrons. The lowest BCUT2D eigenvalue weighted by Crippen LogP contribution is -2.53. The molecule has 1 aliphatic carbocycles. The number of hydrogen-bond acceptors (Lipinski definition) is 2. The van der Waals surface area contributed by atoms with Crippen molar-refractivity contribution in [1.82, 2.24) is 10.6 Å². The lowest BCUT2D eigenvalue weighted by molar-refractivity contribution is -0.129. The summed E-state index contributed by atoms with van der Waals surface area (Å²) >= 11 is 0. The fourth-order valence-electron chi connectivity index (χ4n) is 4.35. The van der Waals surface area contributed by atoms with E-state index in [1.165, 1.54) is 37.7 Å². The number of carbonyl (C=O) groups is 1. The maximum atomic E-state index is 13.2. The van der Waals surface area contributed by atoms with Gasteiger partial charge in [0.1, 0.15) is 0 Å². The molecule has 2 aliphatic rings. The molecule has 1 heterocycles. The molecule has 2 N–H and O–H groups in total. The second-order valence-corrected chi connectivity index (χ2v) is 7.36. The van der Waals surface area contributed by atoms with E-state index in [1.54, 1.807) is 0 Å². The van der Waals surface area contributed by atoms with E-state index in [-0.39, 0.29) is 11.3 Å². The van der Waals surface area contributed by atoms with E-state index in [9.17, 15) is 4.79 Å². The minimum atomic E-state index is -0.352. The third kappa shape index (κ3) is 3.60. The van der Waals surface area contributed by atoms with Gasteiger partial charge in [0.25, 0.3) is 0 Å². The Morgan fingerprint density at radius 1 is 1.13 bits per heavy atom. The zero-order valence-electron chi connectivity index (χ0n) is 14.3. The highest BCUT2D eigenvalue weighted by Gasteiger charge is 2.41. The van der Waals surface area contributed by atoms with Gasteiger partial charge in [0.05, 0.1) is 5.41 Å². The van der Waals surface area contributed by atoms with Crippen molar-refractivity contribution in [3.63, 3.8) is 0 Å². The van der Waals surface area contributed by atoms with Crippen molar-refractivity contribution in [3.8, 4) is 0 Å². The van der Waals surface area contributed by atoms with E-state index in [4.69, 9.17) is 0 Å². The summed E-state index contributed by atoms with van der Waals surface area (Å²) in [6.07, 6.45) is 8.30. The molecule has 1 atom stereocenters. The van der Waals surface area contributed by atoms with Crippen molar-refractivity contribution in [2.75, 3.05) is 13.1 Å². The van der Waals surface area contributed by atoms with Gasteiger partial charge in [-0.05, 0) is 57.2 Å². The maximum Gasteiger partial charge on any atom is 0.230 e. The van der Waals surface area contributed by atoms with Crippen LogP contribution < -0.4 is 10.6 Å². The molecule has 3 rings (SSSR count). The smallest absolute Gasteiger partial charge is 0.230 e. The van der Waals surface area contributed by atoms with Gasteiger partial charge >= 0.3 is 0 Å². The quantitative estimate of drug-likeness (QED) is 0.894. The number of rotatable bonds is 4. The van der Waals surface area contributed by atoms with Crippen molar-refractivity contribution in [3.05, 3.63) is 35.9 Å². The molecule has 3 heteroatoms. The highest BCUT2D eigenvalue weighted by Crippen LogP contribution is 2.34. The Bertz CT molecular complexity index is 502. The van der Waals surface area contributed by atoms with Gasteiger partial charge < -0.3 is 10.6 Å². The predicted molar refractivity (Wildman–Crippen MR) is 94.4 cm³/mol. The Labute approximate surface area is 140 Å². The van der Waals surface area contributed by atoms with Gasteiger partial charge in [-0.1, -0.05) is 49.6 Å². The third-order valence-corrected chi connectivity index (χ3v) is 5.93. The molecule has 0 spiro atoms. The van der Waals surface area contributed by atoms with Gasteiger partial charge in [-0.25, -0.2) is 0 Å². The van der Waals surface area contributed by atoms with Gasteiger partial charge in [-0.3, -0.25) is 4.79 Å². The van der Waals surface area contributed by atoms with Crippen LogP contribution in [-0.2, 0) is 10.2 Å². The molecule has 23 heavy (non-hydrogen) atoms. The fourth-order valence-corrected chi connectivity index (χ4v) is 4.35. The molecule has 0 aromatic heterocycles. The lowest BCUT2D eigenvalue weighted by atomic mass is 9.72. The van der Waals surface area contributed by atoms with Crippen molar-refractivity contribution >= 4 is 5.91 Å². The first-order chi connectivity index (χ1) is 11.2. The minimum absolute atomic E-state index is 0.239. The molecule has 1 aromatic carbocycles. The zero-order valence-corrected chi connectivity index (χ0v) is 14.3.